The molecule has 0 amide bonds. The molecule has 0 aromatic carbocycles. The summed E-state index contributed by atoms with van der Waals surface area (Å²) < 4.78 is 4.83. The Morgan fingerprint density at radius 2 is 1.93 bits per heavy atom. The van der Waals surface area contributed by atoms with Crippen LogP contribution in [-0.2, 0) is 9.53 Å². The molecule has 0 bridgehead atoms. The van der Waals surface area contributed by atoms with Crippen LogP contribution in [0.2, 0.25) is 0 Å². The third kappa shape index (κ3) is 3.26. The first-order valence-corrected chi connectivity index (χ1v) is 11.7. The molecule has 0 aromatic rings. The van der Waals surface area contributed by atoms with E-state index >= 15 is 0 Å². The van der Waals surface area contributed by atoms with Gasteiger partial charge in [-0.15, -0.1) is 0 Å². The SMILES string of the molecule is COC(=O)CCC[C@H]1CC[C@H]2[C@@H]3CC=C4C[C@@](C)(O)CC[C@]4(C)[C@H]3CC[C@]12C. The first kappa shape index (κ1) is 20.4. The van der Waals surface area contributed by atoms with E-state index in [-0.39, 0.29) is 5.97 Å². The van der Waals surface area contributed by atoms with Crippen LogP contribution < -0.4 is 0 Å². The highest BCUT2D eigenvalue weighted by molar-refractivity contribution is 5.68. The van der Waals surface area contributed by atoms with Crippen molar-refractivity contribution in [2.75, 3.05) is 7.11 Å². The number of fused-ring (bicyclic) bond motifs is 5. The van der Waals surface area contributed by atoms with E-state index in [1.54, 1.807) is 5.57 Å². The number of aliphatic hydroxyl groups is 1. The fourth-order valence-corrected chi connectivity index (χ4v) is 7.98. The van der Waals surface area contributed by atoms with Gasteiger partial charge in [0.05, 0.1) is 12.7 Å². The Kier molecular flexibility index (Phi) is 5.22. The highest BCUT2D eigenvalue weighted by Gasteiger charge is 2.58. The zero-order valence-corrected chi connectivity index (χ0v) is 18.4. The lowest BCUT2D eigenvalue weighted by molar-refractivity contribution is -0.140. The van der Waals surface area contributed by atoms with Crippen molar-refractivity contribution in [3.8, 4) is 0 Å². The van der Waals surface area contributed by atoms with Gasteiger partial charge in [0.15, 0.2) is 0 Å². The van der Waals surface area contributed by atoms with Gasteiger partial charge in [0, 0.05) is 6.42 Å². The summed E-state index contributed by atoms with van der Waals surface area (Å²) in [5, 5.41) is 10.6. The third-order valence-electron chi connectivity index (χ3n) is 9.74. The van der Waals surface area contributed by atoms with Crippen molar-refractivity contribution in [1.29, 1.82) is 0 Å². The van der Waals surface area contributed by atoms with Crippen LogP contribution in [0.25, 0.3) is 0 Å². The van der Waals surface area contributed by atoms with Crippen LogP contribution in [0.1, 0.15) is 91.4 Å². The zero-order valence-electron chi connectivity index (χ0n) is 18.4. The number of carbonyl (C=O) groups is 1. The molecule has 0 unspecified atom stereocenters. The predicted molar refractivity (Wildman–Crippen MR) is 112 cm³/mol. The van der Waals surface area contributed by atoms with E-state index in [9.17, 15) is 9.90 Å². The number of esters is 1. The Labute approximate surface area is 171 Å². The van der Waals surface area contributed by atoms with Crippen LogP contribution >= 0.6 is 0 Å². The van der Waals surface area contributed by atoms with Gasteiger partial charge in [-0.05, 0) is 106 Å². The van der Waals surface area contributed by atoms with Crippen LogP contribution in [0.15, 0.2) is 11.6 Å². The van der Waals surface area contributed by atoms with Gasteiger partial charge in [-0.1, -0.05) is 25.5 Å². The van der Waals surface area contributed by atoms with Gasteiger partial charge in [-0.3, -0.25) is 4.79 Å². The van der Waals surface area contributed by atoms with Gasteiger partial charge >= 0.3 is 5.97 Å². The summed E-state index contributed by atoms with van der Waals surface area (Å²) in [6, 6.07) is 0. The summed E-state index contributed by atoms with van der Waals surface area (Å²) >= 11 is 0. The summed E-state index contributed by atoms with van der Waals surface area (Å²) in [6.07, 6.45) is 14.9. The fraction of sp³-hybridized carbons (Fsp3) is 0.880. The maximum Gasteiger partial charge on any atom is 0.305 e. The lowest BCUT2D eigenvalue weighted by atomic mass is 9.46. The molecule has 3 saturated carbocycles. The van der Waals surface area contributed by atoms with Gasteiger partial charge in [0.25, 0.3) is 0 Å². The number of carbonyl (C=O) groups excluding carboxylic acids is 1. The van der Waals surface area contributed by atoms with Crippen molar-refractivity contribution in [3.05, 3.63) is 11.6 Å². The molecule has 1 N–H and O–H groups in total. The van der Waals surface area contributed by atoms with Gasteiger partial charge in [0.1, 0.15) is 0 Å². The van der Waals surface area contributed by atoms with Crippen molar-refractivity contribution in [2.45, 2.75) is 97.0 Å². The Morgan fingerprint density at radius 1 is 1.14 bits per heavy atom. The monoisotopic (exact) mass is 388 g/mol. The molecule has 0 aromatic heterocycles. The molecule has 0 spiro atoms. The minimum absolute atomic E-state index is 0.0607. The zero-order chi connectivity index (χ0) is 20.2. The van der Waals surface area contributed by atoms with Crippen molar-refractivity contribution in [3.63, 3.8) is 0 Å². The first-order chi connectivity index (χ1) is 13.2. The largest absolute Gasteiger partial charge is 0.469 e. The molecule has 0 aliphatic heterocycles. The Bertz CT molecular complexity index is 650. The van der Waals surface area contributed by atoms with Crippen LogP contribution in [0.5, 0.6) is 0 Å². The number of rotatable bonds is 4. The standard InChI is InChI=1S/C25H40O3/c1-23(27)14-15-25(3)18(16-23)8-10-19-20-11-9-17(6-5-7-22(26)28-4)24(20,2)13-12-21(19)25/h8,17,19-21,27H,5-7,9-16H2,1-4H3/t17-,19-,20-,21-,23-,24+,25-/m0/s1. The van der Waals surface area contributed by atoms with Crippen molar-refractivity contribution in [1.82, 2.24) is 0 Å². The maximum atomic E-state index is 11.5. The van der Waals surface area contributed by atoms with Gasteiger partial charge < -0.3 is 9.84 Å². The van der Waals surface area contributed by atoms with E-state index in [1.165, 1.54) is 45.6 Å². The van der Waals surface area contributed by atoms with Crippen LogP contribution in [0.4, 0.5) is 0 Å². The maximum absolute atomic E-state index is 11.5. The molecular formula is C25H40O3. The second kappa shape index (κ2) is 7.15. The minimum Gasteiger partial charge on any atom is -0.469 e. The van der Waals surface area contributed by atoms with E-state index in [0.29, 0.717) is 17.3 Å². The summed E-state index contributed by atoms with van der Waals surface area (Å²) in [6.45, 7) is 7.10. The van der Waals surface area contributed by atoms with Crippen molar-refractivity contribution in [2.24, 2.45) is 34.5 Å². The van der Waals surface area contributed by atoms with E-state index in [1.807, 2.05) is 6.92 Å². The quantitative estimate of drug-likeness (QED) is 0.499. The van der Waals surface area contributed by atoms with Crippen molar-refractivity contribution >= 4 is 5.97 Å². The van der Waals surface area contributed by atoms with Crippen LogP contribution in [0, 0.1) is 34.5 Å². The predicted octanol–water partition coefficient (Wildman–Crippen LogP) is 5.66. The van der Waals surface area contributed by atoms with E-state index < -0.39 is 5.60 Å². The van der Waals surface area contributed by atoms with Gasteiger partial charge in [-0.2, -0.15) is 0 Å². The Morgan fingerprint density at radius 3 is 2.68 bits per heavy atom. The van der Waals surface area contributed by atoms with E-state index in [0.717, 1.165) is 49.4 Å². The highest BCUT2D eigenvalue weighted by Crippen LogP contribution is 2.67. The molecule has 0 radical (unpaired) electrons. The fourth-order valence-electron chi connectivity index (χ4n) is 7.98. The topological polar surface area (TPSA) is 46.5 Å². The van der Waals surface area contributed by atoms with E-state index in [4.69, 9.17) is 4.74 Å². The van der Waals surface area contributed by atoms with Crippen LogP contribution in [-0.4, -0.2) is 23.8 Å². The summed E-state index contributed by atoms with van der Waals surface area (Å²) in [4.78, 5) is 11.5. The second-order valence-electron chi connectivity index (χ2n) is 11.2. The van der Waals surface area contributed by atoms with Crippen LogP contribution in [0.3, 0.4) is 0 Å². The normalized spacial score (nSPS) is 47.5. The number of allylic oxidation sites excluding steroid dienone is 1. The Balaban J connectivity index is 1.49. The molecule has 28 heavy (non-hydrogen) atoms. The lowest BCUT2D eigenvalue weighted by Crippen LogP contribution is -2.51. The molecule has 7 atom stereocenters. The molecule has 4 aliphatic rings. The Hall–Kier alpha value is -0.830. The molecule has 158 valence electrons. The molecule has 0 heterocycles. The average Bonchev–Trinajstić information content (AvgIpc) is 2.98. The molecule has 4 aliphatic carbocycles. The number of ether oxygens (including phenoxy) is 1. The second-order valence-corrected chi connectivity index (χ2v) is 11.2. The molecule has 4 rings (SSSR count). The first-order valence-electron chi connectivity index (χ1n) is 11.7. The lowest BCUT2D eigenvalue weighted by Gasteiger charge is -2.59. The van der Waals surface area contributed by atoms with Gasteiger partial charge in [0.2, 0.25) is 0 Å². The smallest absolute Gasteiger partial charge is 0.305 e. The third-order valence-corrected chi connectivity index (χ3v) is 9.74. The molecule has 3 nitrogen and oxygen atoms in total. The summed E-state index contributed by atoms with van der Waals surface area (Å²) in [7, 11) is 1.49. The molecule has 0 saturated heterocycles. The minimum atomic E-state index is -0.501. The number of hydrogen-bond donors (Lipinski definition) is 1. The van der Waals surface area contributed by atoms with Gasteiger partial charge in [-0.25, -0.2) is 0 Å². The highest BCUT2D eigenvalue weighted by atomic mass is 16.5. The average molecular weight is 389 g/mol. The molecule has 3 heteroatoms. The summed E-state index contributed by atoms with van der Waals surface area (Å²) in [5.74, 6) is 3.17. The summed E-state index contributed by atoms with van der Waals surface area (Å²) in [5.41, 5.74) is 1.83. The van der Waals surface area contributed by atoms with Crippen molar-refractivity contribution < 1.29 is 14.6 Å². The van der Waals surface area contributed by atoms with E-state index in [2.05, 4.69) is 19.9 Å². The number of methoxy groups -OCH3 is 1. The molecule has 3 fully saturated rings. The molecular weight excluding hydrogens is 348 g/mol. The number of hydrogen-bond acceptors (Lipinski definition) is 3.